The first-order valence-corrected chi connectivity index (χ1v) is 9.99. The second-order valence-electron chi connectivity index (χ2n) is 7.52. The Balaban J connectivity index is 1.39. The molecule has 6 heteroatoms. The van der Waals surface area contributed by atoms with Gasteiger partial charge in [-0.3, -0.25) is 4.68 Å². The van der Waals surface area contributed by atoms with Crippen LogP contribution in [0, 0.1) is 0 Å². The lowest BCUT2D eigenvalue weighted by atomic mass is 10.1. The maximum atomic E-state index is 12.2. The van der Waals surface area contributed by atoms with Gasteiger partial charge >= 0.3 is 6.03 Å². The van der Waals surface area contributed by atoms with E-state index in [4.69, 9.17) is 0 Å². The van der Waals surface area contributed by atoms with Gasteiger partial charge in [-0.1, -0.05) is 18.6 Å². The summed E-state index contributed by atoms with van der Waals surface area (Å²) in [4.78, 5) is 14.7. The summed E-state index contributed by atoms with van der Waals surface area (Å²) in [6, 6.07) is 7.86. The highest BCUT2D eigenvalue weighted by Gasteiger charge is 2.11. The lowest BCUT2D eigenvalue weighted by molar-refractivity contribution is 0.221. The van der Waals surface area contributed by atoms with E-state index in [9.17, 15) is 4.79 Å². The van der Waals surface area contributed by atoms with Gasteiger partial charge in [0.15, 0.2) is 0 Å². The molecule has 0 saturated carbocycles. The molecule has 0 aliphatic carbocycles. The highest BCUT2D eigenvalue weighted by atomic mass is 16.2. The Morgan fingerprint density at radius 1 is 1.15 bits per heavy atom. The molecule has 1 aliphatic heterocycles. The normalized spacial score (nSPS) is 16.1. The molecule has 2 heterocycles. The molecule has 1 aromatic heterocycles. The number of nitrogens with zero attached hydrogens (tertiary/aromatic N) is 3. The number of hydrogen-bond acceptors (Lipinski definition) is 3. The average molecular weight is 370 g/mol. The van der Waals surface area contributed by atoms with Crippen molar-refractivity contribution in [2.75, 3.05) is 25.0 Å². The van der Waals surface area contributed by atoms with E-state index in [-0.39, 0.29) is 12.1 Å². The Hall–Kier alpha value is -2.34. The number of likely N-dealkylation sites (tertiary alicyclic amines) is 1. The first kappa shape index (κ1) is 19.4. The van der Waals surface area contributed by atoms with Crippen molar-refractivity contribution in [1.82, 2.24) is 20.0 Å². The third-order valence-corrected chi connectivity index (χ3v) is 5.12. The molecule has 0 bridgehead atoms. The van der Waals surface area contributed by atoms with Crippen LogP contribution in [0.3, 0.4) is 0 Å². The van der Waals surface area contributed by atoms with E-state index in [2.05, 4.69) is 27.6 Å². The van der Waals surface area contributed by atoms with E-state index in [1.807, 2.05) is 43.7 Å². The molecule has 2 amide bonds. The quantitative estimate of drug-likeness (QED) is 0.779. The van der Waals surface area contributed by atoms with Crippen LogP contribution in [0.25, 0.3) is 11.1 Å². The zero-order valence-electron chi connectivity index (χ0n) is 16.4. The molecule has 27 heavy (non-hydrogen) atoms. The SMILES string of the molecule is CC(CCCN1CCCCC1)NC(=O)Nc1ccc(-c2cnn(C)c2)cc1. The van der Waals surface area contributed by atoms with Gasteiger partial charge in [0, 0.05) is 30.5 Å². The third-order valence-electron chi connectivity index (χ3n) is 5.12. The Kier molecular flexibility index (Phi) is 6.87. The second-order valence-corrected chi connectivity index (χ2v) is 7.52. The van der Waals surface area contributed by atoms with Crippen molar-refractivity contribution >= 4 is 11.7 Å². The van der Waals surface area contributed by atoms with E-state index in [1.54, 1.807) is 4.68 Å². The van der Waals surface area contributed by atoms with E-state index < -0.39 is 0 Å². The van der Waals surface area contributed by atoms with Crippen molar-refractivity contribution in [2.45, 2.75) is 45.1 Å². The number of urea groups is 1. The summed E-state index contributed by atoms with van der Waals surface area (Å²) < 4.78 is 1.78. The molecule has 0 spiro atoms. The third kappa shape index (κ3) is 6.10. The number of piperidine rings is 1. The predicted octanol–water partition coefficient (Wildman–Crippen LogP) is 3.86. The van der Waals surface area contributed by atoms with Gasteiger partial charge in [0.1, 0.15) is 0 Å². The fraction of sp³-hybridized carbons (Fsp3) is 0.524. The predicted molar refractivity (Wildman–Crippen MR) is 110 cm³/mol. The number of anilines is 1. The Bertz CT molecular complexity index is 718. The Labute approximate surface area is 161 Å². The maximum absolute atomic E-state index is 12.2. The number of rotatable bonds is 7. The van der Waals surface area contributed by atoms with Gasteiger partial charge in [0.25, 0.3) is 0 Å². The highest BCUT2D eigenvalue weighted by molar-refractivity contribution is 5.89. The van der Waals surface area contributed by atoms with Crippen LogP contribution in [0.2, 0.25) is 0 Å². The zero-order valence-corrected chi connectivity index (χ0v) is 16.4. The summed E-state index contributed by atoms with van der Waals surface area (Å²) in [7, 11) is 1.90. The van der Waals surface area contributed by atoms with Crippen LogP contribution >= 0.6 is 0 Å². The number of aromatic nitrogens is 2. The summed E-state index contributed by atoms with van der Waals surface area (Å²) in [5.41, 5.74) is 2.94. The molecular weight excluding hydrogens is 338 g/mol. The van der Waals surface area contributed by atoms with Crippen molar-refractivity contribution in [2.24, 2.45) is 7.05 Å². The van der Waals surface area contributed by atoms with E-state index >= 15 is 0 Å². The largest absolute Gasteiger partial charge is 0.335 e. The van der Waals surface area contributed by atoms with Crippen molar-refractivity contribution < 1.29 is 4.79 Å². The smallest absolute Gasteiger partial charge is 0.319 e. The van der Waals surface area contributed by atoms with Gasteiger partial charge < -0.3 is 15.5 Å². The number of benzene rings is 1. The molecule has 2 aromatic rings. The van der Waals surface area contributed by atoms with Crippen LogP contribution in [0.5, 0.6) is 0 Å². The lowest BCUT2D eigenvalue weighted by Gasteiger charge is -2.26. The minimum atomic E-state index is -0.144. The molecule has 3 rings (SSSR count). The average Bonchev–Trinajstić information content (AvgIpc) is 3.09. The minimum Gasteiger partial charge on any atom is -0.335 e. The van der Waals surface area contributed by atoms with Gasteiger partial charge in [-0.05, 0) is 69.9 Å². The first-order valence-electron chi connectivity index (χ1n) is 9.99. The minimum absolute atomic E-state index is 0.144. The summed E-state index contributed by atoms with van der Waals surface area (Å²) in [6.07, 6.45) is 9.97. The lowest BCUT2D eigenvalue weighted by Crippen LogP contribution is -2.37. The molecule has 146 valence electrons. The molecular formula is C21H31N5O. The molecule has 1 aromatic carbocycles. The number of carbonyl (C=O) groups excluding carboxylic acids is 1. The fourth-order valence-corrected chi connectivity index (χ4v) is 3.58. The van der Waals surface area contributed by atoms with Crippen molar-refractivity contribution in [3.05, 3.63) is 36.7 Å². The molecule has 6 nitrogen and oxygen atoms in total. The molecule has 1 aliphatic rings. The molecule has 2 N–H and O–H groups in total. The van der Waals surface area contributed by atoms with Crippen LogP contribution in [0.4, 0.5) is 10.5 Å². The van der Waals surface area contributed by atoms with E-state index in [0.717, 1.165) is 36.2 Å². The maximum Gasteiger partial charge on any atom is 0.319 e. The second kappa shape index (κ2) is 9.55. The standard InChI is InChI=1S/C21H31N5O/c1-17(7-6-14-26-12-4-3-5-13-26)23-21(27)24-20-10-8-18(9-11-20)19-15-22-25(2)16-19/h8-11,15-17H,3-7,12-14H2,1-2H3,(H2,23,24,27). The van der Waals surface area contributed by atoms with Crippen LogP contribution in [-0.4, -0.2) is 46.4 Å². The zero-order chi connectivity index (χ0) is 19.1. The number of nitrogens with one attached hydrogen (secondary N) is 2. The molecule has 1 atom stereocenters. The number of hydrogen-bond donors (Lipinski definition) is 2. The monoisotopic (exact) mass is 369 g/mol. The van der Waals surface area contributed by atoms with Crippen molar-refractivity contribution in [1.29, 1.82) is 0 Å². The van der Waals surface area contributed by atoms with Crippen LogP contribution in [0.15, 0.2) is 36.7 Å². The van der Waals surface area contributed by atoms with Crippen molar-refractivity contribution in [3.63, 3.8) is 0 Å². The van der Waals surface area contributed by atoms with Crippen LogP contribution < -0.4 is 10.6 Å². The molecule has 1 fully saturated rings. The van der Waals surface area contributed by atoms with Gasteiger partial charge in [-0.15, -0.1) is 0 Å². The summed E-state index contributed by atoms with van der Waals surface area (Å²) >= 11 is 0. The summed E-state index contributed by atoms with van der Waals surface area (Å²) in [5, 5.41) is 10.1. The van der Waals surface area contributed by atoms with E-state index in [0.29, 0.717) is 0 Å². The van der Waals surface area contributed by atoms with Crippen LogP contribution in [0.1, 0.15) is 39.0 Å². The Morgan fingerprint density at radius 3 is 2.56 bits per heavy atom. The topological polar surface area (TPSA) is 62.2 Å². The van der Waals surface area contributed by atoms with Crippen molar-refractivity contribution in [3.8, 4) is 11.1 Å². The Morgan fingerprint density at radius 2 is 1.89 bits per heavy atom. The number of amides is 2. The van der Waals surface area contributed by atoms with Gasteiger partial charge in [0.05, 0.1) is 6.20 Å². The molecule has 0 radical (unpaired) electrons. The fourth-order valence-electron chi connectivity index (χ4n) is 3.58. The van der Waals surface area contributed by atoms with Gasteiger partial charge in [-0.2, -0.15) is 5.10 Å². The number of aryl methyl sites for hydroxylation is 1. The molecule has 1 unspecified atom stereocenters. The van der Waals surface area contributed by atoms with Gasteiger partial charge in [0.2, 0.25) is 0 Å². The summed E-state index contributed by atoms with van der Waals surface area (Å²) in [6.45, 7) is 5.68. The molecule has 1 saturated heterocycles. The summed E-state index contributed by atoms with van der Waals surface area (Å²) in [5.74, 6) is 0. The number of carbonyl (C=O) groups is 1. The van der Waals surface area contributed by atoms with Gasteiger partial charge in [-0.25, -0.2) is 4.79 Å². The highest BCUT2D eigenvalue weighted by Crippen LogP contribution is 2.20. The first-order chi connectivity index (χ1) is 13.1. The van der Waals surface area contributed by atoms with Crippen LogP contribution in [-0.2, 0) is 7.05 Å². The van der Waals surface area contributed by atoms with E-state index in [1.165, 1.54) is 32.4 Å².